The molecular formula is C20H25F2N2O3+. The van der Waals surface area contributed by atoms with Crippen molar-refractivity contribution in [1.82, 2.24) is 5.32 Å². The second kappa shape index (κ2) is 10.5. The highest BCUT2D eigenvalue weighted by molar-refractivity contribution is 5.76. The van der Waals surface area contributed by atoms with Gasteiger partial charge < -0.3 is 19.7 Å². The number of methoxy groups -OCH3 is 1. The van der Waals surface area contributed by atoms with Gasteiger partial charge in [-0.3, -0.25) is 4.79 Å². The van der Waals surface area contributed by atoms with E-state index in [0.717, 1.165) is 28.3 Å². The summed E-state index contributed by atoms with van der Waals surface area (Å²) in [5.41, 5.74) is 2.04. The number of alkyl halides is 2. The topological polar surface area (TPSA) is 52.0 Å². The summed E-state index contributed by atoms with van der Waals surface area (Å²) in [6, 6.07) is 14.2. The molecule has 2 N–H and O–H groups in total. The number of halogens is 2. The maximum absolute atomic E-state index is 12.1. The number of hydrogen-bond acceptors (Lipinski definition) is 3. The van der Waals surface area contributed by atoms with Gasteiger partial charge in [0, 0.05) is 12.1 Å². The molecule has 0 fully saturated rings. The molecule has 0 spiro atoms. The Morgan fingerprint density at radius 2 is 1.85 bits per heavy atom. The summed E-state index contributed by atoms with van der Waals surface area (Å²) < 4.78 is 33.7. The zero-order valence-corrected chi connectivity index (χ0v) is 15.5. The molecule has 1 unspecified atom stereocenters. The van der Waals surface area contributed by atoms with E-state index in [-0.39, 0.29) is 11.7 Å². The summed E-state index contributed by atoms with van der Waals surface area (Å²) in [6.45, 7) is -1.26. The van der Waals surface area contributed by atoms with Crippen LogP contribution in [0.1, 0.15) is 11.1 Å². The molecule has 0 aliphatic heterocycles. The van der Waals surface area contributed by atoms with Crippen molar-refractivity contribution in [3.05, 3.63) is 59.7 Å². The van der Waals surface area contributed by atoms with Crippen molar-refractivity contribution in [1.29, 1.82) is 0 Å². The maximum Gasteiger partial charge on any atom is 0.387 e. The standard InChI is InChI=1S/C20H24F2N2O3/c1-24(13-16-4-3-5-18(12-16)26-2)14-19(25)23-11-10-15-6-8-17(9-7-15)27-20(21)22/h3-9,12,20H,10-11,13-14H2,1-2H3,(H,23,25)/p+1. The van der Waals surface area contributed by atoms with E-state index in [1.807, 2.05) is 31.3 Å². The Labute approximate surface area is 157 Å². The van der Waals surface area contributed by atoms with E-state index in [1.165, 1.54) is 12.1 Å². The molecule has 0 saturated carbocycles. The summed E-state index contributed by atoms with van der Waals surface area (Å²) in [7, 11) is 3.59. The molecule has 1 atom stereocenters. The first kappa shape index (κ1) is 20.6. The first-order valence-corrected chi connectivity index (χ1v) is 8.71. The lowest BCUT2D eigenvalue weighted by Crippen LogP contribution is -3.08. The van der Waals surface area contributed by atoms with E-state index in [1.54, 1.807) is 19.2 Å². The first-order valence-electron chi connectivity index (χ1n) is 8.71. The number of quaternary nitrogens is 1. The van der Waals surface area contributed by atoms with Gasteiger partial charge in [0.1, 0.15) is 18.0 Å². The van der Waals surface area contributed by atoms with Gasteiger partial charge in [0.25, 0.3) is 5.91 Å². The van der Waals surface area contributed by atoms with Gasteiger partial charge >= 0.3 is 6.61 Å². The summed E-state index contributed by atoms with van der Waals surface area (Å²) in [5.74, 6) is 0.892. The molecule has 0 aromatic heterocycles. The molecule has 1 amide bonds. The fourth-order valence-electron chi connectivity index (χ4n) is 2.71. The van der Waals surface area contributed by atoms with Crippen LogP contribution < -0.4 is 19.7 Å². The van der Waals surface area contributed by atoms with Crippen LogP contribution >= 0.6 is 0 Å². The van der Waals surface area contributed by atoms with Crippen LogP contribution in [0.4, 0.5) is 8.78 Å². The molecule has 0 aliphatic carbocycles. The van der Waals surface area contributed by atoms with Crippen LogP contribution in [-0.4, -0.2) is 39.8 Å². The Hall–Kier alpha value is -2.67. The average Bonchev–Trinajstić information content (AvgIpc) is 2.62. The Bertz CT molecular complexity index is 723. The number of hydrogen-bond donors (Lipinski definition) is 2. The second-order valence-corrected chi connectivity index (χ2v) is 6.28. The quantitative estimate of drug-likeness (QED) is 0.660. The molecule has 0 heterocycles. The Balaban J connectivity index is 1.70. The molecule has 0 bridgehead atoms. The van der Waals surface area contributed by atoms with Crippen molar-refractivity contribution in [2.45, 2.75) is 19.6 Å². The number of likely N-dealkylation sites (N-methyl/N-ethyl adjacent to an activating group) is 1. The lowest BCUT2D eigenvalue weighted by atomic mass is 10.1. The van der Waals surface area contributed by atoms with Crippen molar-refractivity contribution in [2.24, 2.45) is 0 Å². The van der Waals surface area contributed by atoms with Crippen molar-refractivity contribution in [3.63, 3.8) is 0 Å². The summed E-state index contributed by atoms with van der Waals surface area (Å²) >= 11 is 0. The van der Waals surface area contributed by atoms with E-state index in [9.17, 15) is 13.6 Å². The number of amides is 1. The third kappa shape index (κ3) is 7.62. The van der Waals surface area contributed by atoms with Gasteiger partial charge in [-0.2, -0.15) is 8.78 Å². The lowest BCUT2D eigenvalue weighted by Gasteiger charge is -2.14. The molecule has 5 nitrogen and oxygen atoms in total. The SMILES string of the molecule is COc1cccc(C[NH+](C)CC(=O)NCCc2ccc(OC(F)F)cc2)c1. The van der Waals surface area contributed by atoms with Crippen LogP contribution in [0.3, 0.4) is 0 Å². The lowest BCUT2D eigenvalue weighted by molar-refractivity contribution is -0.885. The van der Waals surface area contributed by atoms with Crippen LogP contribution in [0.15, 0.2) is 48.5 Å². The average molecular weight is 379 g/mol. The fraction of sp³-hybridized carbons (Fsp3) is 0.350. The van der Waals surface area contributed by atoms with Gasteiger partial charge in [0.2, 0.25) is 0 Å². The normalized spacial score (nSPS) is 11.9. The minimum Gasteiger partial charge on any atom is -0.497 e. The number of carbonyl (C=O) groups excluding carboxylic acids is 1. The molecule has 2 rings (SSSR count). The smallest absolute Gasteiger partial charge is 0.387 e. The number of ether oxygens (including phenoxy) is 2. The molecule has 0 radical (unpaired) electrons. The largest absolute Gasteiger partial charge is 0.497 e. The monoisotopic (exact) mass is 379 g/mol. The first-order chi connectivity index (χ1) is 13.0. The van der Waals surface area contributed by atoms with Gasteiger partial charge in [-0.15, -0.1) is 0 Å². The van der Waals surface area contributed by atoms with Crippen molar-refractivity contribution in [2.75, 3.05) is 27.2 Å². The van der Waals surface area contributed by atoms with Gasteiger partial charge in [0.15, 0.2) is 6.54 Å². The summed E-state index contributed by atoms with van der Waals surface area (Å²) in [4.78, 5) is 13.1. The number of rotatable bonds is 10. The van der Waals surface area contributed by atoms with Gasteiger partial charge in [0.05, 0.1) is 14.2 Å². The molecule has 146 valence electrons. The Morgan fingerprint density at radius 1 is 1.11 bits per heavy atom. The Morgan fingerprint density at radius 3 is 2.52 bits per heavy atom. The highest BCUT2D eigenvalue weighted by Gasteiger charge is 2.11. The van der Waals surface area contributed by atoms with E-state index < -0.39 is 6.61 Å². The molecule has 0 saturated heterocycles. The minimum atomic E-state index is -2.83. The van der Waals surface area contributed by atoms with E-state index in [0.29, 0.717) is 19.5 Å². The minimum absolute atomic E-state index is 0.0342. The van der Waals surface area contributed by atoms with E-state index in [4.69, 9.17) is 4.74 Å². The molecule has 2 aromatic carbocycles. The predicted molar refractivity (Wildman–Crippen MR) is 98.2 cm³/mol. The van der Waals surface area contributed by atoms with Crippen LogP contribution in [0, 0.1) is 0 Å². The maximum atomic E-state index is 12.1. The van der Waals surface area contributed by atoms with Crippen LogP contribution in [-0.2, 0) is 17.8 Å². The molecule has 2 aromatic rings. The van der Waals surface area contributed by atoms with Crippen LogP contribution in [0.2, 0.25) is 0 Å². The number of carbonyl (C=O) groups is 1. The number of benzene rings is 2. The van der Waals surface area contributed by atoms with E-state index in [2.05, 4.69) is 10.1 Å². The predicted octanol–water partition coefficient (Wildman–Crippen LogP) is 1.67. The van der Waals surface area contributed by atoms with Gasteiger partial charge in [-0.1, -0.05) is 24.3 Å². The van der Waals surface area contributed by atoms with Crippen LogP contribution in [0.25, 0.3) is 0 Å². The third-order valence-electron chi connectivity index (χ3n) is 3.99. The zero-order chi connectivity index (χ0) is 19.6. The van der Waals surface area contributed by atoms with Crippen molar-refractivity contribution >= 4 is 5.91 Å². The molecule has 27 heavy (non-hydrogen) atoms. The highest BCUT2D eigenvalue weighted by atomic mass is 19.3. The third-order valence-corrected chi connectivity index (χ3v) is 3.99. The van der Waals surface area contributed by atoms with Crippen LogP contribution in [0.5, 0.6) is 11.5 Å². The van der Waals surface area contributed by atoms with Crippen molar-refractivity contribution < 1.29 is 27.9 Å². The molecule has 7 heteroatoms. The van der Waals surface area contributed by atoms with Crippen molar-refractivity contribution in [3.8, 4) is 11.5 Å². The number of nitrogens with one attached hydrogen (secondary N) is 2. The molecular weight excluding hydrogens is 354 g/mol. The van der Waals surface area contributed by atoms with Gasteiger partial charge in [-0.05, 0) is 36.2 Å². The second-order valence-electron chi connectivity index (χ2n) is 6.28. The van der Waals surface area contributed by atoms with E-state index >= 15 is 0 Å². The molecule has 0 aliphatic rings. The highest BCUT2D eigenvalue weighted by Crippen LogP contribution is 2.15. The fourth-order valence-corrected chi connectivity index (χ4v) is 2.71. The van der Waals surface area contributed by atoms with Gasteiger partial charge in [-0.25, -0.2) is 0 Å². The zero-order valence-electron chi connectivity index (χ0n) is 15.5. The summed E-state index contributed by atoms with van der Waals surface area (Å²) in [5, 5.41) is 2.88. The summed E-state index contributed by atoms with van der Waals surface area (Å²) in [6.07, 6.45) is 0.621. The Kier molecular flexibility index (Phi) is 8.00.